The van der Waals surface area contributed by atoms with E-state index in [9.17, 15) is 0 Å². The topological polar surface area (TPSA) is 68.8 Å². The average molecular weight is 329 g/mol. The molecule has 0 spiro atoms. The number of benzene rings is 1. The summed E-state index contributed by atoms with van der Waals surface area (Å²) in [4.78, 5) is 0. The Balaban J connectivity index is 2.37. The Hall–Kier alpha value is -0.990. The van der Waals surface area contributed by atoms with Crippen LogP contribution >= 0.6 is 22.6 Å². The summed E-state index contributed by atoms with van der Waals surface area (Å²) in [7, 11) is 1.85. The van der Waals surface area contributed by atoms with Gasteiger partial charge in [0.1, 0.15) is 0 Å². The van der Waals surface area contributed by atoms with Crippen LogP contribution in [0, 0.1) is 3.57 Å². The third-order valence-electron chi connectivity index (χ3n) is 2.42. The summed E-state index contributed by atoms with van der Waals surface area (Å²) in [6.07, 6.45) is 1.71. The van der Waals surface area contributed by atoms with Gasteiger partial charge in [-0.05, 0) is 40.3 Å². The molecule has 1 unspecified atom stereocenters. The molecule has 0 saturated carbocycles. The summed E-state index contributed by atoms with van der Waals surface area (Å²) < 4.78 is 2.91. The second-order valence-corrected chi connectivity index (χ2v) is 4.68. The molecule has 0 saturated heterocycles. The van der Waals surface area contributed by atoms with Gasteiger partial charge in [0.2, 0.25) is 0 Å². The van der Waals surface area contributed by atoms with Crippen LogP contribution in [-0.4, -0.2) is 15.0 Å². The van der Waals surface area contributed by atoms with Gasteiger partial charge in [-0.1, -0.05) is 17.3 Å². The third-order valence-corrected chi connectivity index (χ3v) is 3.13. The molecule has 3 N–H and O–H groups in total. The fourth-order valence-electron chi connectivity index (χ4n) is 1.57. The summed E-state index contributed by atoms with van der Waals surface area (Å²) in [6.45, 7) is 0. The van der Waals surface area contributed by atoms with E-state index in [0.717, 1.165) is 11.3 Å². The Labute approximate surface area is 107 Å². The van der Waals surface area contributed by atoms with Gasteiger partial charge in [-0.3, -0.25) is 10.5 Å². The summed E-state index contributed by atoms with van der Waals surface area (Å²) in [5.41, 5.74) is 4.80. The lowest BCUT2D eigenvalue weighted by Gasteiger charge is -2.15. The molecular weight excluding hydrogens is 317 g/mol. The van der Waals surface area contributed by atoms with Gasteiger partial charge in [0, 0.05) is 10.6 Å². The minimum atomic E-state index is -0.0861. The summed E-state index contributed by atoms with van der Waals surface area (Å²) in [5, 5.41) is 7.75. The number of nitrogens with zero attached hydrogens (tertiary/aromatic N) is 3. The molecule has 0 aliphatic heterocycles. The maximum absolute atomic E-state index is 5.58. The number of aryl methyl sites for hydroxylation is 1. The Kier molecular flexibility index (Phi) is 3.52. The lowest BCUT2D eigenvalue weighted by molar-refractivity contribution is 0.570. The van der Waals surface area contributed by atoms with Gasteiger partial charge in [-0.2, -0.15) is 0 Å². The van der Waals surface area contributed by atoms with Crippen LogP contribution in [0.4, 0.5) is 0 Å². The largest absolute Gasteiger partial charge is 0.271 e. The SMILES string of the molecule is Cn1nncc1C(NN)c1ccc(I)cc1. The number of hydrogen-bond acceptors (Lipinski definition) is 4. The van der Waals surface area contributed by atoms with E-state index in [1.54, 1.807) is 10.9 Å². The molecule has 5 nitrogen and oxygen atoms in total. The van der Waals surface area contributed by atoms with Crippen molar-refractivity contribution in [3.63, 3.8) is 0 Å². The minimum Gasteiger partial charge on any atom is -0.271 e. The standard InChI is InChI=1S/C10H12IN5/c1-16-9(6-13-15-16)10(14-12)7-2-4-8(11)5-3-7/h2-6,10,14H,12H2,1H3. The van der Waals surface area contributed by atoms with Crippen LogP contribution in [-0.2, 0) is 7.05 Å². The summed E-state index contributed by atoms with van der Waals surface area (Å²) in [6, 6.07) is 8.09. The monoisotopic (exact) mass is 329 g/mol. The van der Waals surface area contributed by atoms with Gasteiger partial charge in [-0.15, -0.1) is 5.10 Å². The first kappa shape index (κ1) is 11.5. The van der Waals surface area contributed by atoms with Gasteiger partial charge in [0.05, 0.1) is 17.9 Å². The second-order valence-electron chi connectivity index (χ2n) is 3.43. The first-order valence-electron chi connectivity index (χ1n) is 4.78. The van der Waals surface area contributed by atoms with E-state index < -0.39 is 0 Å². The van der Waals surface area contributed by atoms with Crippen molar-refractivity contribution >= 4 is 22.6 Å². The normalized spacial score (nSPS) is 12.7. The number of aromatic nitrogens is 3. The number of rotatable bonds is 3. The van der Waals surface area contributed by atoms with Crippen molar-refractivity contribution in [2.24, 2.45) is 12.9 Å². The third kappa shape index (κ3) is 2.23. The molecule has 0 fully saturated rings. The minimum absolute atomic E-state index is 0.0861. The number of nitrogens with one attached hydrogen (secondary N) is 1. The molecule has 2 rings (SSSR count). The number of halogens is 1. The van der Waals surface area contributed by atoms with Crippen molar-refractivity contribution in [3.8, 4) is 0 Å². The van der Waals surface area contributed by atoms with Crippen molar-refractivity contribution in [3.05, 3.63) is 45.3 Å². The van der Waals surface area contributed by atoms with Gasteiger partial charge in [-0.25, -0.2) is 5.43 Å². The highest BCUT2D eigenvalue weighted by Crippen LogP contribution is 2.20. The van der Waals surface area contributed by atoms with E-state index in [1.807, 2.05) is 31.3 Å². The first-order chi connectivity index (χ1) is 7.72. The van der Waals surface area contributed by atoms with Crippen LogP contribution in [0.15, 0.2) is 30.5 Å². The first-order valence-corrected chi connectivity index (χ1v) is 5.86. The summed E-state index contributed by atoms with van der Waals surface area (Å²) in [5.74, 6) is 5.58. The summed E-state index contributed by atoms with van der Waals surface area (Å²) >= 11 is 2.27. The van der Waals surface area contributed by atoms with Crippen LogP contribution in [0.1, 0.15) is 17.3 Å². The highest BCUT2D eigenvalue weighted by Gasteiger charge is 2.15. The molecule has 0 amide bonds. The maximum Gasteiger partial charge on any atom is 0.0894 e. The molecule has 1 atom stereocenters. The number of hydrogen-bond donors (Lipinski definition) is 2. The van der Waals surface area contributed by atoms with Crippen LogP contribution in [0.25, 0.3) is 0 Å². The van der Waals surface area contributed by atoms with Gasteiger partial charge >= 0.3 is 0 Å². The zero-order chi connectivity index (χ0) is 11.5. The molecule has 0 bridgehead atoms. The van der Waals surface area contributed by atoms with E-state index in [2.05, 4.69) is 38.3 Å². The molecule has 0 aliphatic carbocycles. The fraction of sp³-hybridized carbons (Fsp3) is 0.200. The molecule has 1 heterocycles. The highest BCUT2D eigenvalue weighted by atomic mass is 127. The van der Waals surface area contributed by atoms with E-state index in [-0.39, 0.29) is 6.04 Å². The zero-order valence-electron chi connectivity index (χ0n) is 8.76. The van der Waals surface area contributed by atoms with Crippen LogP contribution in [0.3, 0.4) is 0 Å². The molecule has 1 aromatic carbocycles. The van der Waals surface area contributed by atoms with E-state index in [4.69, 9.17) is 5.84 Å². The smallest absolute Gasteiger partial charge is 0.0894 e. The van der Waals surface area contributed by atoms with Crippen molar-refractivity contribution in [1.82, 2.24) is 20.4 Å². The molecule has 6 heteroatoms. The zero-order valence-corrected chi connectivity index (χ0v) is 10.9. The van der Waals surface area contributed by atoms with E-state index >= 15 is 0 Å². The number of hydrazine groups is 1. The van der Waals surface area contributed by atoms with Gasteiger partial charge in [0.25, 0.3) is 0 Å². The Morgan fingerprint density at radius 3 is 2.56 bits per heavy atom. The fourth-order valence-corrected chi connectivity index (χ4v) is 1.93. The Morgan fingerprint density at radius 2 is 2.06 bits per heavy atom. The Bertz CT molecular complexity index is 464. The maximum atomic E-state index is 5.58. The van der Waals surface area contributed by atoms with Crippen LogP contribution in [0.2, 0.25) is 0 Å². The number of nitrogens with two attached hydrogens (primary N) is 1. The van der Waals surface area contributed by atoms with Crippen molar-refractivity contribution in [1.29, 1.82) is 0 Å². The molecule has 2 aromatic rings. The Morgan fingerprint density at radius 1 is 1.38 bits per heavy atom. The predicted molar refractivity (Wildman–Crippen MR) is 69.3 cm³/mol. The van der Waals surface area contributed by atoms with Crippen molar-refractivity contribution in [2.45, 2.75) is 6.04 Å². The van der Waals surface area contributed by atoms with Gasteiger partial charge in [0.15, 0.2) is 0 Å². The molecule has 16 heavy (non-hydrogen) atoms. The van der Waals surface area contributed by atoms with E-state index in [1.165, 1.54) is 3.57 Å². The van der Waals surface area contributed by atoms with Gasteiger partial charge < -0.3 is 0 Å². The molecule has 1 aromatic heterocycles. The highest BCUT2D eigenvalue weighted by molar-refractivity contribution is 14.1. The van der Waals surface area contributed by atoms with Crippen molar-refractivity contribution in [2.75, 3.05) is 0 Å². The lowest BCUT2D eigenvalue weighted by Crippen LogP contribution is -2.30. The molecule has 0 aliphatic rings. The van der Waals surface area contributed by atoms with Crippen molar-refractivity contribution < 1.29 is 0 Å². The van der Waals surface area contributed by atoms with Crippen LogP contribution < -0.4 is 11.3 Å². The quantitative estimate of drug-likeness (QED) is 0.500. The second kappa shape index (κ2) is 4.89. The molecule has 84 valence electrons. The van der Waals surface area contributed by atoms with E-state index in [0.29, 0.717) is 0 Å². The lowest BCUT2D eigenvalue weighted by atomic mass is 10.1. The predicted octanol–water partition coefficient (Wildman–Crippen LogP) is 0.972. The molecule has 0 radical (unpaired) electrons. The van der Waals surface area contributed by atoms with Crippen LogP contribution in [0.5, 0.6) is 0 Å². The average Bonchev–Trinajstić information content (AvgIpc) is 2.69. The molecular formula is C10H12IN5.